The monoisotopic (exact) mass is 252 g/mol. The number of hydrogen-bond donors (Lipinski definition) is 1. The first kappa shape index (κ1) is 11.5. The van der Waals surface area contributed by atoms with E-state index in [-0.39, 0.29) is 5.76 Å². The lowest BCUT2D eigenvalue weighted by molar-refractivity contribution is 0.0666. The Balaban J connectivity index is 2.38. The number of fused-ring (bicyclic) bond motifs is 1. The van der Waals surface area contributed by atoms with Gasteiger partial charge in [-0.3, -0.25) is 0 Å². The first-order chi connectivity index (χ1) is 9.16. The average molecular weight is 252 g/mol. The van der Waals surface area contributed by atoms with Crippen LogP contribution in [0, 0.1) is 6.92 Å². The molecule has 3 heteroatoms. The summed E-state index contributed by atoms with van der Waals surface area (Å²) in [5, 5.41) is 10.1. The fourth-order valence-corrected chi connectivity index (χ4v) is 2.25. The molecular formula is C16H12O3. The van der Waals surface area contributed by atoms with Crippen LogP contribution >= 0.6 is 0 Å². The van der Waals surface area contributed by atoms with Crippen molar-refractivity contribution in [1.29, 1.82) is 0 Å². The highest BCUT2D eigenvalue weighted by molar-refractivity contribution is 6.05. The first-order valence-corrected chi connectivity index (χ1v) is 5.98. The van der Waals surface area contributed by atoms with E-state index < -0.39 is 5.97 Å². The highest BCUT2D eigenvalue weighted by Crippen LogP contribution is 2.35. The van der Waals surface area contributed by atoms with Crippen LogP contribution in [-0.2, 0) is 0 Å². The summed E-state index contributed by atoms with van der Waals surface area (Å²) in [5.74, 6) is -1.06. The van der Waals surface area contributed by atoms with Gasteiger partial charge in [0, 0.05) is 10.9 Å². The van der Waals surface area contributed by atoms with Gasteiger partial charge >= 0.3 is 5.97 Å². The van der Waals surface area contributed by atoms with Crippen LogP contribution in [0.1, 0.15) is 16.1 Å². The van der Waals surface area contributed by atoms with Crippen molar-refractivity contribution in [2.75, 3.05) is 0 Å². The van der Waals surface area contributed by atoms with Gasteiger partial charge < -0.3 is 9.52 Å². The predicted octanol–water partition coefficient (Wildman–Crippen LogP) is 4.11. The third kappa shape index (κ3) is 1.89. The zero-order valence-corrected chi connectivity index (χ0v) is 10.4. The molecule has 94 valence electrons. The zero-order chi connectivity index (χ0) is 13.4. The lowest BCUT2D eigenvalue weighted by Gasteiger charge is -2.00. The summed E-state index contributed by atoms with van der Waals surface area (Å²) in [6.07, 6.45) is 0. The molecule has 2 aromatic carbocycles. The molecule has 0 spiro atoms. The van der Waals surface area contributed by atoms with Gasteiger partial charge in [0.25, 0.3) is 0 Å². The van der Waals surface area contributed by atoms with Crippen molar-refractivity contribution in [2.45, 2.75) is 6.92 Å². The van der Waals surface area contributed by atoms with Gasteiger partial charge in [0.2, 0.25) is 5.76 Å². The summed E-state index contributed by atoms with van der Waals surface area (Å²) in [4.78, 5) is 11.4. The highest BCUT2D eigenvalue weighted by Gasteiger charge is 2.20. The minimum absolute atomic E-state index is 0.00759. The highest BCUT2D eigenvalue weighted by atomic mass is 16.4. The van der Waals surface area contributed by atoms with Gasteiger partial charge in [-0.15, -0.1) is 0 Å². The number of rotatable bonds is 2. The zero-order valence-electron chi connectivity index (χ0n) is 10.4. The lowest BCUT2D eigenvalue weighted by atomic mass is 10.0. The predicted molar refractivity (Wildman–Crippen MR) is 73.3 cm³/mol. The van der Waals surface area contributed by atoms with E-state index in [0.717, 1.165) is 16.5 Å². The van der Waals surface area contributed by atoms with Crippen molar-refractivity contribution in [3.63, 3.8) is 0 Å². The second-order valence-corrected chi connectivity index (χ2v) is 4.48. The second kappa shape index (κ2) is 4.28. The molecule has 0 saturated carbocycles. The number of furan rings is 1. The van der Waals surface area contributed by atoms with Gasteiger partial charge in [-0.1, -0.05) is 42.5 Å². The molecule has 0 aliphatic heterocycles. The first-order valence-electron chi connectivity index (χ1n) is 5.98. The fraction of sp³-hybridized carbons (Fsp3) is 0.0625. The van der Waals surface area contributed by atoms with Gasteiger partial charge in [0.1, 0.15) is 5.58 Å². The third-order valence-corrected chi connectivity index (χ3v) is 3.10. The molecule has 1 heterocycles. The normalized spacial score (nSPS) is 10.8. The Bertz CT molecular complexity index is 754. The fourth-order valence-electron chi connectivity index (χ4n) is 2.25. The van der Waals surface area contributed by atoms with Crippen molar-refractivity contribution < 1.29 is 14.3 Å². The quantitative estimate of drug-likeness (QED) is 0.746. The van der Waals surface area contributed by atoms with Crippen LogP contribution in [0.4, 0.5) is 0 Å². The SMILES string of the molecule is Cc1ccc2c(-c3ccccc3)c(C(=O)O)oc2c1. The van der Waals surface area contributed by atoms with Crippen LogP contribution in [0.5, 0.6) is 0 Å². The van der Waals surface area contributed by atoms with Gasteiger partial charge in [-0.05, 0) is 24.1 Å². The number of carboxylic acids is 1. The third-order valence-electron chi connectivity index (χ3n) is 3.10. The van der Waals surface area contributed by atoms with Crippen molar-refractivity contribution in [3.8, 4) is 11.1 Å². The van der Waals surface area contributed by atoms with Crippen molar-refractivity contribution in [2.24, 2.45) is 0 Å². The van der Waals surface area contributed by atoms with Crippen molar-refractivity contribution >= 4 is 16.9 Å². The summed E-state index contributed by atoms with van der Waals surface area (Å²) < 4.78 is 5.50. The molecule has 0 aliphatic rings. The minimum atomic E-state index is -1.05. The molecule has 0 radical (unpaired) electrons. The molecule has 0 atom stereocenters. The largest absolute Gasteiger partial charge is 0.475 e. The van der Waals surface area contributed by atoms with Crippen molar-refractivity contribution in [1.82, 2.24) is 0 Å². The lowest BCUT2D eigenvalue weighted by Crippen LogP contribution is -1.95. The Labute approximate surface area is 110 Å². The smallest absolute Gasteiger partial charge is 0.372 e. The maximum absolute atomic E-state index is 11.4. The van der Waals surface area contributed by atoms with Crippen LogP contribution in [0.15, 0.2) is 52.9 Å². The van der Waals surface area contributed by atoms with E-state index in [2.05, 4.69) is 0 Å². The van der Waals surface area contributed by atoms with Crippen LogP contribution < -0.4 is 0 Å². The summed E-state index contributed by atoms with van der Waals surface area (Å²) in [6, 6.07) is 15.2. The molecule has 0 saturated heterocycles. The molecule has 3 nitrogen and oxygen atoms in total. The average Bonchev–Trinajstić information content (AvgIpc) is 2.78. The van der Waals surface area contributed by atoms with E-state index in [1.165, 1.54) is 0 Å². The Morgan fingerprint density at radius 1 is 1.11 bits per heavy atom. The number of hydrogen-bond acceptors (Lipinski definition) is 2. The summed E-state index contributed by atoms with van der Waals surface area (Å²) in [5.41, 5.74) is 3.14. The molecule has 3 aromatic rings. The van der Waals surface area contributed by atoms with E-state index in [1.807, 2.05) is 55.5 Å². The van der Waals surface area contributed by atoms with Crippen LogP contribution in [-0.4, -0.2) is 11.1 Å². The Morgan fingerprint density at radius 3 is 2.53 bits per heavy atom. The van der Waals surface area contributed by atoms with Gasteiger partial charge in [0.15, 0.2) is 0 Å². The Kier molecular flexibility index (Phi) is 2.60. The summed E-state index contributed by atoms with van der Waals surface area (Å²) >= 11 is 0. The Morgan fingerprint density at radius 2 is 1.84 bits per heavy atom. The maximum atomic E-state index is 11.4. The molecule has 0 amide bonds. The van der Waals surface area contributed by atoms with Crippen molar-refractivity contribution in [3.05, 3.63) is 59.9 Å². The van der Waals surface area contributed by atoms with E-state index >= 15 is 0 Å². The van der Waals surface area contributed by atoms with Gasteiger partial charge in [-0.2, -0.15) is 0 Å². The molecule has 3 rings (SSSR count). The topological polar surface area (TPSA) is 50.4 Å². The summed E-state index contributed by atoms with van der Waals surface area (Å²) in [7, 11) is 0. The van der Waals surface area contributed by atoms with Crippen LogP contribution in [0.2, 0.25) is 0 Å². The van der Waals surface area contributed by atoms with Crippen LogP contribution in [0.3, 0.4) is 0 Å². The standard InChI is InChI=1S/C16H12O3/c1-10-7-8-12-13(9-10)19-15(16(17)18)14(12)11-5-3-2-4-6-11/h2-9H,1H3,(H,17,18). The molecular weight excluding hydrogens is 240 g/mol. The summed E-state index contributed by atoms with van der Waals surface area (Å²) in [6.45, 7) is 1.95. The molecule has 0 fully saturated rings. The molecule has 0 bridgehead atoms. The molecule has 1 N–H and O–H groups in total. The second-order valence-electron chi connectivity index (χ2n) is 4.48. The Hall–Kier alpha value is -2.55. The van der Waals surface area contributed by atoms with E-state index in [0.29, 0.717) is 11.1 Å². The van der Waals surface area contributed by atoms with E-state index in [9.17, 15) is 9.90 Å². The number of carbonyl (C=O) groups is 1. The molecule has 0 unspecified atom stereocenters. The maximum Gasteiger partial charge on any atom is 0.372 e. The number of aryl methyl sites for hydroxylation is 1. The number of carboxylic acid groups (broad SMARTS) is 1. The van der Waals surface area contributed by atoms with Gasteiger partial charge in [-0.25, -0.2) is 4.79 Å². The van der Waals surface area contributed by atoms with E-state index in [4.69, 9.17) is 4.42 Å². The molecule has 0 aliphatic carbocycles. The number of benzene rings is 2. The minimum Gasteiger partial charge on any atom is -0.475 e. The number of aromatic carboxylic acids is 1. The molecule has 1 aromatic heterocycles. The van der Waals surface area contributed by atoms with E-state index in [1.54, 1.807) is 0 Å². The molecule has 19 heavy (non-hydrogen) atoms. The van der Waals surface area contributed by atoms with Gasteiger partial charge in [0.05, 0.1) is 0 Å². The van der Waals surface area contributed by atoms with Crippen LogP contribution in [0.25, 0.3) is 22.1 Å².